The van der Waals surface area contributed by atoms with Crippen LogP contribution in [-0.4, -0.2) is 35.8 Å². The van der Waals surface area contributed by atoms with Gasteiger partial charge >= 0.3 is 5.97 Å². The summed E-state index contributed by atoms with van der Waals surface area (Å²) in [6.07, 6.45) is 1.92. The molecule has 0 radical (unpaired) electrons. The number of nitrogens with zero attached hydrogens (tertiary/aromatic N) is 1. The molecule has 0 aliphatic carbocycles. The van der Waals surface area contributed by atoms with Crippen molar-refractivity contribution in [2.75, 3.05) is 7.11 Å². The monoisotopic (exact) mass is 381 g/mol. The molecule has 2 saturated heterocycles. The number of halogens is 1. The third kappa shape index (κ3) is 3.04. The van der Waals surface area contributed by atoms with Crippen molar-refractivity contribution in [2.45, 2.75) is 44.3 Å². The molecular weight excluding hydrogens is 357 g/mol. The number of carbonyl (C=O) groups excluding carboxylic acids is 2. The third-order valence-electron chi connectivity index (χ3n) is 6.31. The highest BCUT2D eigenvalue weighted by atomic mass is 19.1. The number of carbonyl (C=O) groups is 2. The summed E-state index contributed by atoms with van der Waals surface area (Å²) in [6, 6.07) is 16.2. The van der Waals surface area contributed by atoms with Gasteiger partial charge in [-0.1, -0.05) is 48.5 Å². The molecule has 0 unspecified atom stereocenters. The van der Waals surface area contributed by atoms with Gasteiger partial charge in [0.2, 0.25) is 0 Å². The smallest absolute Gasteiger partial charge is 0.321 e. The van der Waals surface area contributed by atoms with Crippen molar-refractivity contribution < 1.29 is 18.7 Å². The second-order valence-electron chi connectivity index (χ2n) is 7.76. The largest absolute Gasteiger partial charge is 0.468 e. The Bertz CT molecular complexity index is 884. The molecule has 4 rings (SSSR count). The van der Waals surface area contributed by atoms with Crippen LogP contribution in [0, 0.1) is 11.2 Å². The average Bonchev–Trinajstić information content (AvgIpc) is 3.02. The number of rotatable bonds is 5. The number of ether oxygens (including phenoxy) is 1. The number of hydrogen-bond acceptors (Lipinski definition) is 4. The molecule has 5 heteroatoms. The number of Topliss-reactive ketones (excluding diaryl/α,β-unsaturated/α-hetero) is 1. The summed E-state index contributed by atoms with van der Waals surface area (Å²) >= 11 is 0. The quantitative estimate of drug-likeness (QED) is 0.587. The first kappa shape index (κ1) is 18.8. The van der Waals surface area contributed by atoms with Crippen molar-refractivity contribution in [3.8, 4) is 0 Å². The summed E-state index contributed by atoms with van der Waals surface area (Å²) in [5.74, 6) is -1.07. The van der Waals surface area contributed by atoms with Gasteiger partial charge in [-0.15, -0.1) is 0 Å². The van der Waals surface area contributed by atoms with Gasteiger partial charge in [-0.2, -0.15) is 0 Å². The van der Waals surface area contributed by atoms with E-state index in [0.717, 1.165) is 18.4 Å². The van der Waals surface area contributed by atoms with Crippen LogP contribution in [0.15, 0.2) is 54.6 Å². The molecule has 3 atom stereocenters. The van der Waals surface area contributed by atoms with Gasteiger partial charge in [0, 0.05) is 25.0 Å². The van der Waals surface area contributed by atoms with E-state index in [-0.39, 0.29) is 24.3 Å². The van der Waals surface area contributed by atoms with Crippen LogP contribution in [0.3, 0.4) is 0 Å². The Labute approximate surface area is 164 Å². The van der Waals surface area contributed by atoms with E-state index in [1.54, 1.807) is 18.2 Å². The van der Waals surface area contributed by atoms with E-state index in [0.29, 0.717) is 18.5 Å². The van der Waals surface area contributed by atoms with E-state index in [1.807, 2.05) is 30.3 Å². The molecule has 4 nitrogen and oxygen atoms in total. The lowest BCUT2D eigenvalue weighted by Gasteiger charge is -2.45. The molecule has 2 bridgehead atoms. The molecule has 2 aliphatic rings. The summed E-state index contributed by atoms with van der Waals surface area (Å²) in [5.41, 5.74) is 0.156. The molecule has 2 aliphatic heterocycles. The molecule has 0 saturated carbocycles. The first-order chi connectivity index (χ1) is 13.6. The van der Waals surface area contributed by atoms with Gasteiger partial charge in [0.15, 0.2) is 5.78 Å². The first-order valence-electron chi connectivity index (χ1n) is 9.71. The summed E-state index contributed by atoms with van der Waals surface area (Å²) in [5, 5.41) is 0. The minimum Gasteiger partial charge on any atom is -0.468 e. The Morgan fingerprint density at radius 2 is 1.86 bits per heavy atom. The maximum Gasteiger partial charge on any atom is 0.321 e. The zero-order chi connectivity index (χ0) is 19.7. The molecule has 2 fully saturated rings. The lowest BCUT2D eigenvalue weighted by Crippen LogP contribution is -2.61. The predicted molar refractivity (Wildman–Crippen MR) is 103 cm³/mol. The Hall–Kier alpha value is -2.53. The number of benzene rings is 2. The number of piperidine rings is 1. The molecule has 0 aromatic heterocycles. The number of fused-ring (bicyclic) bond motifs is 2. The molecule has 28 heavy (non-hydrogen) atoms. The molecule has 0 spiro atoms. The van der Waals surface area contributed by atoms with Crippen molar-refractivity contribution >= 4 is 11.8 Å². The highest BCUT2D eigenvalue weighted by Gasteiger charge is 2.61. The van der Waals surface area contributed by atoms with Gasteiger partial charge in [-0.05, 0) is 36.5 Å². The number of methoxy groups -OCH3 is 1. The molecule has 2 aromatic rings. The molecule has 146 valence electrons. The Morgan fingerprint density at radius 1 is 1.14 bits per heavy atom. The fourth-order valence-corrected chi connectivity index (χ4v) is 4.96. The molecule has 2 aromatic carbocycles. The molecule has 2 heterocycles. The number of esters is 1. The van der Waals surface area contributed by atoms with Crippen LogP contribution in [0.2, 0.25) is 0 Å². The normalized spacial score (nSPS) is 27.0. The van der Waals surface area contributed by atoms with Crippen LogP contribution in [0.5, 0.6) is 0 Å². The SMILES string of the molecule is COC(=O)[C@]1(Cc2ccccc2F)C(=O)C[C@H]2CC[C@@H]1N2Cc1ccccc1. The standard InChI is InChI=1S/C23H24FNO3/c1-28-22(27)23(14-17-9-5-6-10-19(17)24)20-12-11-18(13-21(23)26)25(20)15-16-7-3-2-4-8-16/h2-10,18,20H,11-15H2,1H3/t18-,20+,23+/m1/s1. The van der Waals surface area contributed by atoms with Gasteiger partial charge in [0.25, 0.3) is 0 Å². The minimum absolute atomic E-state index is 0.0356. The minimum atomic E-state index is -1.36. The van der Waals surface area contributed by atoms with Crippen LogP contribution in [0.4, 0.5) is 4.39 Å². The van der Waals surface area contributed by atoms with Gasteiger partial charge in [-0.3, -0.25) is 14.5 Å². The van der Waals surface area contributed by atoms with E-state index >= 15 is 0 Å². The fraction of sp³-hybridized carbons (Fsp3) is 0.391. The third-order valence-corrected chi connectivity index (χ3v) is 6.31. The van der Waals surface area contributed by atoms with E-state index in [1.165, 1.54) is 13.2 Å². The van der Waals surface area contributed by atoms with E-state index < -0.39 is 17.2 Å². The van der Waals surface area contributed by atoms with Crippen LogP contribution >= 0.6 is 0 Å². The lowest BCUT2D eigenvalue weighted by molar-refractivity contribution is -0.167. The summed E-state index contributed by atoms with van der Waals surface area (Å²) in [4.78, 5) is 28.5. The van der Waals surface area contributed by atoms with Crippen molar-refractivity contribution in [2.24, 2.45) is 5.41 Å². The van der Waals surface area contributed by atoms with E-state index in [2.05, 4.69) is 4.90 Å². The second kappa shape index (κ2) is 7.47. The predicted octanol–water partition coefficient (Wildman–Crippen LogP) is 3.53. The van der Waals surface area contributed by atoms with Gasteiger partial charge in [0.1, 0.15) is 11.2 Å². The van der Waals surface area contributed by atoms with Crippen molar-refractivity contribution in [1.29, 1.82) is 0 Å². The Kier molecular flexibility index (Phi) is 5.02. The van der Waals surface area contributed by atoms with Gasteiger partial charge in [-0.25, -0.2) is 4.39 Å². The van der Waals surface area contributed by atoms with Crippen LogP contribution in [-0.2, 0) is 27.3 Å². The Morgan fingerprint density at radius 3 is 2.57 bits per heavy atom. The average molecular weight is 381 g/mol. The number of ketones is 1. The molecule has 0 N–H and O–H groups in total. The van der Waals surface area contributed by atoms with Gasteiger partial charge < -0.3 is 4.74 Å². The Balaban J connectivity index is 1.74. The van der Waals surface area contributed by atoms with Crippen molar-refractivity contribution in [3.63, 3.8) is 0 Å². The van der Waals surface area contributed by atoms with Gasteiger partial charge in [0.05, 0.1) is 7.11 Å². The first-order valence-corrected chi connectivity index (χ1v) is 9.71. The highest BCUT2D eigenvalue weighted by molar-refractivity contribution is 6.06. The van der Waals surface area contributed by atoms with Crippen LogP contribution < -0.4 is 0 Å². The zero-order valence-electron chi connectivity index (χ0n) is 15.9. The summed E-state index contributed by atoms with van der Waals surface area (Å²) in [7, 11) is 1.31. The maximum atomic E-state index is 14.4. The fourth-order valence-electron chi connectivity index (χ4n) is 4.96. The molecule has 0 amide bonds. The van der Waals surface area contributed by atoms with E-state index in [9.17, 15) is 14.0 Å². The summed E-state index contributed by atoms with van der Waals surface area (Å²) < 4.78 is 19.5. The lowest BCUT2D eigenvalue weighted by atomic mass is 9.68. The number of hydrogen-bond donors (Lipinski definition) is 0. The van der Waals surface area contributed by atoms with Crippen LogP contribution in [0.1, 0.15) is 30.4 Å². The van der Waals surface area contributed by atoms with Crippen molar-refractivity contribution in [3.05, 3.63) is 71.5 Å². The topological polar surface area (TPSA) is 46.6 Å². The van der Waals surface area contributed by atoms with Crippen LogP contribution in [0.25, 0.3) is 0 Å². The molecular formula is C23H24FNO3. The highest BCUT2D eigenvalue weighted by Crippen LogP contribution is 2.48. The second-order valence-corrected chi connectivity index (χ2v) is 7.76. The zero-order valence-corrected chi connectivity index (χ0v) is 15.9. The maximum absolute atomic E-state index is 14.4. The van der Waals surface area contributed by atoms with E-state index in [4.69, 9.17) is 4.74 Å². The van der Waals surface area contributed by atoms with Crippen molar-refractivity contribution in [1.82, 2.24) is 4.90 Å². The summed E-state index contributed by atoms with van der Waals surface area (Å²) in [6.45, 7) is 0.666.